The van der Waals surface area contributed by atoms with E-state index in [0.717, 1.165) is 17.8 Å². The molecule has 86 valence electrons. The van der Waals surface area contributed by atoms with Crippen molar-refractivity contribution in [3.05, 3.63) is 52.0 Å². The molecule has 1 aromatic carbocycles. The number of thiazole rings is 1. The zero-order valence-electron chi connectivity index (χ0n) is 9.09. The van der Waals surface area contributed by atoms with Crippen LogP contribution in [0.2, 0.25) is 0 Å². The molecule has 17 heavy (non-hydrogen) atoms. The molecule has 1 aromatic heterocycles. The molecule has 4 heteroatoms. The third kappa shape index (κ3) is 1.65. The summed E-state index contributed by atoms with van der Waals surface area (Å²) in [5, 5.41) is 9.86. The molecule has 1 heterocycles. The lowest BCUT2D eigenvalue weighted by Crippen LogP contribution is -2.07. The van der Waals surface area contributed by atoms with Crippen molar-refractivity contribution in [1.82, 2.24) is 4.98 Å². The predicted octanol–water partition coefficient (Wildman–Crippen LogP) is 2.92. The molecular formula is C13H11NO2S. The number of carboxylic acids is 1. The Morgan fingerprint density at radius 3 is 2.53 bits per heavy atom. The topological polar surface area (TPSA) is 50.2 Å². The molecule has 1 fully saturated rings. The van der Waals surface area contributed by atoms with Gasteiger partial charge in [-0.2, -0.15) is 0 Å². The van der Waals surface area contributed by atoms with Gasteiger partial charge >= 0.3 is 5.97 Å². The van der Waals surface area contributed by atoms with Crippen LogP contribution in [-0.2, 0) is 5.41 Å². The Hall–Kier alpha value is -1.68. The van der Waals surface area contributed by atoms with Gasteiger partial charge in [-0.05, 0) is 18.4 Å². The molecule has 0 unspecified atom stereocenters. The van der Waals surface area contributed by atoms with E-state index in [4.69, 9.17) is 5.11 Å². The zero-order chi connectivity index (χ0) is 11.9. The molecule has 1 aliphatic carbocycles. The zero-order valence-corrected chi connectivity index (χ0v) is 9.91. The molecule has 0 spiro atoms. The molecule has 0 amide bonds. The second-order valence-electron chi connectivity index (χ2n) is 4.28. The molecule has 1 N–H and O–H groups in total. The minimum absolute atomic E-state index is 0.0143. The molecule has 1 saturated carbocycles. The Morgan fingerprint density at radius 2 is 2.00 bits per heavy atom. The Labute approximate surface area is 103 Å². The summed E-state index contributed by atoms with van der Waals surface area (Å²) in [5.74, 6) is -0.891. The fourth-order valence-electron chi connectivity index (χ4n) is 2.10. The van der Waals surface area contributed by atoms with E-state index in [9.17, 15) is 4.79 Å². The highest BCUT2D eigenvalue weighted by molar-refractivity contribution is 7.13. The van der Waals surface area contributed by atoms with Gasteiger partial charge in [-0.3, -0.25) is 0 Å². The lowest BCUT2D eigenvalue weighted by molar-refractivity contribution is 0.0702. The highest BCUT2D eigenvalue weighted by atomic mass is 32.1. The molecule has 0 radical (unpaired) electrons. The third-order valence-electron chi connectivity index (χ3n) is 3.20. The minimum Gasteiger partial charge on any atom is -0.477 e. The van der Waals surface area contributed by atoms with Crippen molar-refractivity contribution >= 4 is 17.3 Å². The van der Waals surface area contributed by atoms with Gasteiger partial charge in [0.15, 0.2) is 0 Å². The molecule has 0 atom stereocenters. The second-order valence-corrected chi connectivity index (χ2v) is 5.31. The number of carboxylic acid groups (broad SMARTS) is 1. The first kappa shape index (κ1) is 10.5. The van der Waals surface area contributed by atoms with Gasteiger partial charge in [0.2, 0.25) is 0 Å². The van der Waals surface area contributed by atoms with Crippen LogP contribution >= 0.6 is 11.3 Å². The molecule has 0 bridgehead atoms. The lowest BCUT2D eigenvalue weighted by Gasteiger charge is -2.11. The number of rotatable bonds is 3. The number of hydrogen-bond acceptors (Lipinski definition) is 3. The molecule has 0 saturated heterocycles. The number of aromatic carboxylic acids is 1. The summed E-state index contributed by atoms with van der Waals surface area (Å²) in [6.45, 7) is 0. The average molecular weight is 245 g/mol. The van der Waals surface area contributed by atoms with Crippen molar-refractivity contribution < 1.29 is 9.90 Å². The maximum Gasteiger partial charge on any atom is 0.347 e. The number of hydrogen-bond donors (Lipinski definition) is 1. The van der Waals surface area contributed by atoms with E-state index >= 15 is 0 Å². The summed E-state index contributed by atoms with van der Waals surface area (Å²) in [6.07, 6.45) is 3.58. The van der Waals surface area contributed by atoms with Crippen molar-refractivity contribution in [2.75, 3.05) is 0 Å². The van der Waals surface area contributed by atoms with Gasteiger partial charge in [0.25, 0.3) is 0 Å². The first-order valence-electron chi connectivity index (χ1n) is 5.47. The van der Waals surface area contributed by atoms with Crippen molar-refractivity contribution in [3.63, 3.8) is 0 Å². The molecule has 0 aliphatic heterocycles. The van der Waals surface area contributed by atoms with Gasteiger partial charge in [0, 0.05) is 5.41 Å². The summed E-state index contributed by atoms with van der Waals surface area (Å²) in [4.78, 5) is 15.5. The van der Waals surface area contributed by atoms with Gasteiger partial charge in [-0.25, -0.2) is 9.78 Å². The fraction of sp³-hybridized carbons (Fsp3) is 0.231. The van der Waals surface area contributed by atoms with Gasteiger partial charge in [0.1, 0.15) is 9.88 Å². The summed E-state index contributed by atoms with van der Waals surface area (Å²) in [6, 6.07) is 10.2. The van der Waals surface area contributed by atoms with Crippen LogP contribution in [0.1, 0.15) is 33.1 Å². The lowest BCUT2D eigenvalue weighted by atomic mass is 9.97. The number of nitrogens with zero attached hydrogens (tertiary/aromatic N) is 1. The summed E-state index contributed by atoms with van der Waals surface area (Å²) < 4.78 is 0. The number of benzene rings is 1. The van der Waals surface area contributed by atoms with Crippen LogP contribution in [-0.4, -0.2) is 16.1 Å². The summed E-state index contributed by atoms with van der Waals surface area (Å²) in [5.41, 5.74) is 1.23. The van der Waals surface area contributed by atoms with Crippen molar-refractivity contribution in [2.24, 2.45) is 0 Å². The van der Waals surface area contributed by atoms with Crippen LogP contribution < -0.4 is 0 Å². The van der Waals surface area contributed by atoms with Crippen LogP contribution in [0, 0.1) is 0 Å². The fourth-order valence-corrected chi connectivity index (χ4v) is 3.13. The molecule has 1 aliphatic rings. The predicted molar refractivity (Wildman–Crippen MR) is 65.5 cm³/mol. The van der Waals surface area contributed by atoms with Crippen LogP contribution in [0.25, 0.3) is 0 Å². The quantitative estimate of drug-likeness (QED) is 0.904. The molecule has 3 rings (SSSR count). The van der Waals surface area contributed by atoms with Gasteiger partial charge in [0.05, 0.1) is 6.20 Å². The standard InChI is InChI=1S/C13H11NO2S/c15-11(16)10-8-14-12(17-10)13(6-7-13)9-4-2-1-3-5-9/h1-5,8H,6-7H2,(H,15,16). The van der Waals surface area contributed by atoms with E-state index in [1.807, 2.05) is 18.2 Å². The smallest absolute Gasteiger partial charge is 0.347 e. The highest BCUT2D eigenvalue weighted by Crippen LogP contribution is 2.54. The first-order chi connectivity index (χ1) is 8.22. The third-order valence-corrected chi connectivity index (χ3v) is 4.39. The van der Waals surface area contributed by atoms with E-state index < -0.39 is 5.97 Å². The van der Waals surface area contributed by atoms with Crippen LogP contribution in [0.3, 0.4) is 0 Å². The first-order valence-corrected chi connectivity index (χ1v) is 6.29. The summed E-state index contributed by atoms with van der Waals surface area (Å²) >= 11 is 1.29. The van der Waals surface area contributed by atoms with Crippen molar-refractivity contribution in [2.45, 2.75) is 18.3 Å². The Balaban J connectivity index is 2.01. The van der Waals surface area contributed by atoms with Crippen LogP contribution in [0.5, 0.6) is 0 Å². The Morgan fingerprint density at radius 1 is 1.29 bits per heavy atom. The highest BCUT2D eigenvalue weighted by Gasteiger charge is 2.48. The van der Waals surface area contributed by atoms with Crippen molar-refractivity contribution in [1.29, 1.82) is 0 Å². The minimum atomic E-state index is -0.891. The van der Waals surface area contributed by atoms with E-state index in [-0.39, 0.29) is 5.41 Å². The Bertz CT molecular complexity index is 558. The van der Waals surface area contributed by atoms with E-state index in [0.29, 0.717) is 4.88 Å². The van der Waals surface area contributed by atoms with Crippen molar-refractivity contribution in [3.8, 4) is 0 Å². The maximum absolute atomic E-state index is 10.9. The van der Waals surface area contributed by atoms with Gasteiger partial charge in [-0.1, -0.05) is 30.3 Å². The largest absolute Gasteiger partial charge is 0.477 e. The normalized spacial score (nSPS) is 16.7. The van der Waals surface area contributed by atoms with E-state index in [1.54, 1.807) is 0 Å². The average Bonchev–Trinajstić information content (AvgIpc) is 3.00. The SMILES string of the molecule is O=C(O)c1cnc(C2(c3ccccc3)CC2)s1. The van der Waals surface area contributed by atoms with E-state index in [2.05, 4.69) is 17.1 Å². The monoisotopic (exact) mass is 245 g/mol. The second kappa shape index (κ2) is 3.67. The van der Waals surface area contributed by atoms with E-state index in [1.165, 1.54) is 23.1 Å². The maximum atomic E-state index is 10.9. The van der Waals surface area contributed by atoms with Crippen LogP contribution in [0.4, 0.5) is 0 Å². The van der Waals surface area contributed by atoms with Gasteiger partial charge in [-0.15, -0.1) is 11.3 Å². The number of carbonyl (C=O) groups is 1. The van der Waals surface area contributed by atoms with Crippen LogP contribution in [0.15, 0.2) is 36.5 Å². The molecule has 3 nitrogen and oxygen atoms in total. The molecule has 2 aromatic rings. The summed E-state index contributed by atoms with van der Waals surface area (Å²) in [7, 11) is 0. The molecular weight excluding hydrogens is 234 g/mol. The Kier molecular flexibility index (Phi) is 2.26. The van der Waals surface area contributed by atoms with Gasteiger partial charge < -0.3 is 5.11 Å². The number of aromatic nitrogens is 1.